The number of amides is 1. The summed E-state index contributed by atoms with van der Waals surface area (Å²) in [5.41, 5.74) is -1.83. The van der Waals surface area contributed by atoms with Crippen molar-refractivity contribution in [2.24, 2.45) is 5.41 Å². The number of aromatic nitrogens is 3. The van der Waals surface area contributed by atoms with Crippen LogP contribution in [0.15, 0.2) is 48.8 Å². The molecule has 3 N–H and O–H groups in total. The van der Waals surface area contributed by atoms with Gasteiger partial charge in [-0.15, -0.1) is 0 Å². The third-order valence-electron chi connectivity index (χ3n) is 5.89. The van der Waals surface area contributed by atoms with Gasteiger partial charge in [-0.05, 0) is 45.0 Å². The maximum atomic E-state index is 12.6. The Balaban J connectivity index is 1.54. The normalized spacial score (nSPS) is 23.5. The number of rotatable bonds is 7. The van der Waals surface area contributed by atoms with E-state index in [0.717, 1.165) is 0 Å². The molecule has 2 aromatic heterocycles. The second-order valence-electron chi connectivity index (χ2n) is 9.55. The lowest BCUT2D eigenvalue weighted by atomic mass is 9.92. The molecule has 0 saturated carbocycles. The minimum Gasteiger partial charge on any atom is -0.438 e. The zero-order chi connectivity index (χ0) is 26.8. The molecule has 4 atom stereocenters. The van der Waals surface area contributed by atoms with Gasteiger partial charge in [0.2, 0.25) is 5.60 Å². The molecule has 0 aliphatic carbocycles. The van der Waals surface area contributed by atoms with Crippen LogP contribution in [0.4, 0.5) is 5.82 Å². The molecule has 3 aromatic rings. The van der Waals surface area contributed by atoms with Gasteiger partial charge in [-0.1, -0.05) is 18.2 Å². The minimum absolute atomic E-state index is 0.121. The molecule has 1 aromatic carbocycles. The van der Waals surface area contributed by atoms with Crippen molar-refractivity contribution in [1.29, 1.82) is 5.26 Å². The number of esters is 1. The molecule has 37 heavy (non-hydrogen) atoms. The first-order valence-corrected chi connectivity index (χ1v) is 11.5. The molecule has 4 rings (SSSR count). The van der Waals surface area contributed by atoms with E-state index in [4.69, 9.17) is 14.2 Å². The van der Waals surface area contributed by atoms with Crippen LogP contribution < -0.4 is 5.32 Å². The number of ether oxygens (including phenoxy) is 3. The Kier molecular flexibility index (Phi) is 7.24. The van der Waals surface area contributed by atoms with Crippen LogP contribution in [0.25, 0.3) is 5.52 Å². The Labute approximate surface area is 212 Å². The van der Waals surface area contributed by atoms with Crippen LogP contribution >= 0.6 is 0 Å². The van der Waals surface area contributed by atoms with Crippen LogP contribution in [0, 0.1) is 16.7 Å². The third-order valence-corrected chi connectivity index (χ3v) is 5.89. The molecule has 1 aliphatic rings. The van der Waals surface area contributed by atoms with Crippen molar-refractivity contribution in [3.63, 3.8) is 0 Å². The smallest absolute Gasteiger partial charge is 0.313 e. The zero-order valence-corrected chi connectivity index (χ0v) is 20.5. The predicted octanol–water partition coefficient (Wildman–Crippen LogP) is 1.38. The predicted molar refractivity (Wildman–Crippen MR) is 128 cm³/mol. The molecule has 1 aliphatic heterocycles. The number of carbonyl (C=O) groups is 2. The van der Waals surface area contributed by atoms with Gasteiger partial charge < -0.3 is 29.7 Å². The molecular weight excluding hydrogens is 482 g/mol. The van der Waals surface area contributed by atoms with Gasteiger partial charge in [0.1, 0.15) is 36.2 Å². The van der Waals surface area contributed by atoms with Crippen LogP contribution in [-0.4, -0.2) is 68.4 Å². The van der Waals surface area contributed by atoms with Gasteiger partial charge in [0.15, 0.2) is 12.6 Å². The van der Waals surface area contributed by atoms with Crippen molar-refractivity contribution in [2.75, 3.05) is 18.7 Å². The molecule has 0 spiro atoms. The topological polar surface area (TPSA) is 168 Å². The molecule has 1 saturated heterocycles. The third kappa shape index (κ3) is 5.03. The van der Waals surface area contributed by atoms with Crippen LogP contribution in [0.2, 0.25) is 0 Å². The molecule has 0 unspecified atom stereocenters. The number of aliphatic hydroxyl groups is 2. The fourth-order valence-corrected chi connectivity index (χ4v) is 3.87. The summed E-state index contributed by atoms with van der Waals surface area (Å²) >= 11 is 0. The summed E-state index contributed by atoms with van der Waals surface area (Å²) in [6, 6.07) is 13.6. The maximum absolute atomic E-state index is 12.6. The van der Waals surface area contributed by atoms with Crippen LogP contribution in [0.3, 0.4) is 0 Å². The van der Waals surface area contributed by atoms with E-state index in [1.54, 1.807) is 57.2 Å². The van der Waals surface area contributed by atoms with Crippen molar-refractivity contribution in [1.82, 2.24) is 14.6 Å². The van der Waals surface area contributed by atoms with Crippen molar-refractivity contribution in [2.45, 2.75) is 44.7 Å². The fraction of sp³-hybridized carbons (Fsp3) is 0.400. The first-order valence-electron chi connectivity index (χ1n) is 11.5. The summed E-state index contributed by atoms with van der Waals surface area (Å²) in [4.78, 5) is 28.6. The number of hydrogen-bond acceptors (Lipinski definition) is 10. The average molecular weight is 510 g/mol. The number of hydrogen-bond donors (Lipinski definition) is 3. The number of benzene rings is 1. The van der Waals surface area contributed by atoms with E-state index in [9.17, 15) is 25.1 Å². The lowest BCUT2D eigenvalue weighted by Crippen LogP contribution is -2.41. The summed E-state index contributed by atoms with van der Waals surface area (Å²) in [6.07, 6.45) is -3.06. The Morgan fingerprint density at radius 2 is 1.95 bits per heavy atom. The van der Waals surface area contributed by atoms with Crippen molar-refractivity contribution < 1.29 is 34.0 Å². The Morgan fingerprint density at radius 3 is 2.62 bits per heavy atom. The summed E-state index contributed by atoms with van der Waals surface area (Å²) in [5.74, 6) is -0.686. The summed E-state index contributed by atoms with van der Waals surface area (Å²) in [6.45, 7) is 4.45. The molecule has 3 heterocycles. The average Bonchev–Trinajstić information content (AvgIpc) is 3.42. The van der Waals surface area contributed by atoms with Gasteiger partial charge in [-0.2, -0.15) is 10.4 Å². The molecule has 194 valence electrons. The van der Waals surface area contributed by atoms with E-state index in [1.807, 2.05) is 6.07 Å². The summed E-state index contributed by atoms with van der Waals surface area (Å²) in [5, 5.41) is 38.4. The van der Waals surface area contributed by atoms with Crippen LogP contribution in [0.1, 0.15) is 36.8 Å². The van der Waals surface area contributed by atoms with Gasteiger partial charge >= 0.3 is 5.97 Å². The van der Waals surface area contributed by atoms with E-state index in [2.05, 4.69) is 15.4 Å². The number of fused-ring (bicyclic) bond motifs is 1. The Bertz CT molecular complexity index is 1330. The van der Waals surface area contributed by atoms with Gasteiger partial charge in [0.05, 0.1) is 17.7 Å². The zero-order valence-electron chi connectivity index (χ0n) is 20.5. The van der Waals surface area contributed by atoms with Crippen molar-refractivity contribution >= 4 is 23.2 Å². The molecule has 1 fully saturated rings. The van der Waals surface area contributed by atoms with Gasteiger partial charge in [0, 0.05) is 5.56 Å². The van der Waals surface area contributed by atoms with Crippen LogP contribution in [0.5, 0.6) is 0 Å². The van der Waals surface area contributed by atoms with E-state index in [1.165, 1.54) is 16.9 Å². The summed E-state index contributed by atoms with van der Waals surface area (Å²) in [7, 11) is 0. The second kappa shape index (κ2) is 10.2. The highest BCUT2D eigenvalue weighted by atomic mass is 16.7. The summed E-state index contributed by atoms with van der Waals surface area (Å²) < 4.78 is 17.5. The Morgan fingerprint density at radius 1 is 1.22 bits per heavy atom. The van der Waals surface area contributed by atoms with E-state index in [-0.39, 0.29) is 24.9 Å². The lowest BCUT2D eigenvalue weighted by molar-refractivity contribution is -0.170. The van der Waals surface area contributed by atoms with Gasteiger partial charge in [-0.25, -0.2) is 9.50 Å². The number of anilines is 1. The highest BCUT2D eigenvalue weighted by Gasteiger charge is 2.57. The molecule has 0 bridgehead atoms. The highest BCUT2D eigenvalue weighted by molar-refractivity contribution is 6.05. The SMILES string of the molecule is CC(C)(C)C(=O)OCOC[C@H]1O[C@@](C#N)(c2ccc3c(NC(=O)c4ccccc4)ncnn23)[C@H](O)[C@@H]1O. The molecule has 0 radical (unpaired) electrons. The maximum Gasteiger partial charge on any atom is 0.313 e. The van der Waals surface area contributed by atoms with Crippen molar-refractivity contribution in [3.8, 4) is 6.07 Å². The lowest BCUT2D eigenvalue weighted by Gasteiger charge is -2.24. The first kappa shape index (κ1) is 26.2. The standard InChI is InChI=1S/C25H27N5O7/c1-24(2,3)23(34)36-14-35-11-17-19(31)20(32)25(12-26,37-17)18-10-9-16-21(27-13-28-30(16)18)29-22(33)15-7-5-4-6-8-15/h4-10,13,17,19-20,31-32H,11,14H2,1-3H3,(H,27,28,29,33)/t17-,19-,20-,25+/m1/s1. The first-order chi connectivity index (χ1) is 17.6. The van der Waals surface area contributed by atoms with E-state index in [0.29, 0.717) is 11.1 Å². The Hall–Kier alpha value is -3.89. The number of nitriles is 1. The number of carbonyl (C=O) groups excluding carboxylic acids is 2. The largest absolute Gasteiger partial charge is 0.438 e. The number of nitrogens with zero attached hydrogens (tertiary/aromatic N) is 4. The fourth-order valence-electron chi connectivity index (χ4n) is 3.87. The highest BCUT2D eigenvalue weighted by Crippen LogP contribution is 2.40. The molecular formula is C25H27N5O7. The molecule has 12 nitrogen and oxygen atoms in total. The van der Waals surface area contributed by atoms with Gasteiger partial charge in [0.25, 0.3) is 5.91 Å². The molecule has 12 heteroatoms. The number of nitrogens with one attached hydrogen (secondary N) is 1. The van der Waals surface area contributed by atoms with E-state index < -0.39 is 41.2 Å². The second-order valence-corrected chi connectivity index (χ2v) is 9.55. The monoisotopic (exact) mass is 509 g/mol. The van der Waals surface area contributed by atoms with E-state index >= 15 is 0 Å². The quantitative estimate of drug-likeness (QED) is 0.240. The molecule has 1 amide bonds. The van der Waals surface area contributed by atoms with Crippen molar-refractivity contribution in [3.05, 3.63) is 60.0 Å². The number of aliphatic hydroxyl groups excluding tert-OH is 2. The van der Waals surface area contributed by atoms with Crippen LogP contribution in [-0.2, 0) is 24.6 Å². The van der Waals surface area contributed by atoms with Gasteiger partial charge in [-0.3, -0.25) is 9.59 Å². The minimum atomic E-state index is -2.00.